The van der Waals surface area contributed by atoms with Gasteiger partial charge in [0.05, 0.1) is 6.61 Å². The first-order valence-corrected chi connectivity index (χ1v) is 13.2. The summed E-state index contributed by atoms with van der Waals surface area (Å²) < 4.78 is 10.2. The molecule has 3 aliphatic rings. The first kappa shape index (κ1) is 23.5. The molecule has 0 radical (unpaired) electrons. The summed E-state index contributed by atoms with van der Waals surface area (Å²) in [6.45, 7) is 11.0. The largest absolute Gasteiger partial charge is 0.362 e. The summed E-state index contributed by atoms with van der Waals surface area (Å²) in [4.78, 5) is 0. The van der Waals surface area contributed by atoms with Crippen LogP contribution in [0, 0.1) is 25.7 Å². The summed E-state index contributed by atoms with van der Waals surface area (Å²) in [7, 11) is 0. The molecule has 0 spiro atoms. The third kappa shape index (κ3) is 6.46. The average molecular weight is 447 g/mol. The fraction of sp³-hybridized carbons (Fsp3) is 0.760. The molecule has 3 fully saturated rings. The average Bonchev–Trinajstić information content (AvgIpc) is 2.74. The number of aryl methyl sites for hydroxylation is 2. The van der Waals surface area contributed by atoms with Crippen molar-refractivity contribution in [1.82, 2.24) is 20.7 Å². The van der Waals surface area contributed by atoms with Gasteiger partial charge in [-0.3, -0.25) is 10.6 Å². The molecule has 5 unspecified atom stereocenters. The van der Waals surface area contributed by atoms with E-state index in [4.69, 9.17) is 4.74 Å². The van der Waals surface area contributed by atoms with Gasteiger partial charge in [0, 0.05) is 23.8 Å². The summed E-state index contributed by atoms with van der Waals surface area (Å²) >= 11 is 1.93. The van der Waals surface area contributed by atoms with E-state index in [1.54, 1.807) is 0 Å². The Hall–Kier alpha value is -0.630. The molecule has 1 saturated carbocycles. The Morgan fingerprint density at radius 3 is 2.68 bits per heavy atom. The van der Waals surface area contributed by atoms with Crippen molar-refractivity contribution in [3.8, 4) is 0 Å². The molecule has 1 aromatic rings. The molecule has 2 heterocycles. The summed E-state index contributed by atoms with van der Waals surface area (Å²) in [6.07, 6.45) is 7.51. The lowest BCUT2D eigenvalue weighted by atomic mass is 9.88. The Balaban J connectivity index is 1.53. The minimum atomic E-state index is 0.0416. The number of nitrogens with one attached hydrogen (secondary N) is 4. The minimum Gasteiger partial charge on any atom is -0.362 e. The van der Waals surface area contributed by atoms with Crippen molar-refractivity contribution in [3.63, 3.8) is 0 Å². The highest BCUT2D eigenvalue weighted by molar-refractivity contribution is 7.98. The lowest BCUT2D eigenvalue weighted by molar-refractivity contribution is -0.0272. The van der Waals surface area contributed by atoms with Gasteiger partial charge < -0.3 is 10.1 Å². The topological polar surface area (TPSA) is 57.3 Å². The number of hydrogen-bond donors (Lipinski definition) is 4. The zero-order chi connectivity index (χ0) is 21.8. The minimum absolute atomic E-state index is 0.0416. The highest BCUT2D eigenvalue weighted by Crippen LogP contribution is 2.33. The molecular formula is C25H42N4OS. The van der Waals surface area contributed by atoms with Crippen LogP contribution in [-0.2, 0) is 4.74 Å². The summed E-state index contributed by atoms with van der Waals surface area (Å²) in [6, 6.07) is 7.33. The predicted molar refractivity (Wildman–Crippen MR) is 131 cm³/mol. The van der Waals surface area contributed by atoms with E-state index in [1.807, 2.05) is 11.9 Å². The second-order valence-corrected chi connectivity index (χ2v) is 11.4. The molecule has 174 valence electrons. The van der Waals surface area contributed by atoms with Crippen molar-refractivity contribution in [2.75, 3.05) is 13.2 Å². The molecular weight excluding hydrogens is 404 g/mol. The second kappa shape index (κ2) is 11.0. The maximum atomic E-state index is 6.52. The van der Waals surface area contributed by atoms with Crippen LogP contribution >= 0.6 is 11.9 Å². The molecule has 6 heteroatoms. The van der Waals surface area contributed by atoms with Gasteiger partial charge in [-0.05, 0) is 74.6 Å². The smallest absolute Gasteiger partial charge is 0.123 e. The van der Waals surface area contributed by atoms with E-state index in [0.717, 1.165) is 31.9 Å². The molecule has 0 amide bonds. The lowest BCUT2D eigenvalue weighted by Gasteiger charge is -2.39. The van der Waals surface area contributed by atoms with Gasteiger partial charge in [0.15, 0.2) is 0 Å². The van der Waals surface area contributed by atoms with Crippen LogP contribution in [0.5, 0.6) is 0 Å². The standard InChI is InChI=1S/C25H42N4OS/c1-16(2)11-20-15-30-23-13-22(24-17(3)7-5-8-18(24)4)27-25(28-23)29-31-21-10-6-9-19(12-21)14-26-20/h5,7-8,16,19-23,25-29H,6,9-15H2,1-4H3/t19?,20-,21?,22?,23?,25?/m1/s1. The molecule has 6 atom stereocenters. The number of benzene rings is 1. The Morgan fingerprint density at radius 1 is 1.10 bits per heavy atom. The quantitative estimate of drug-likeness (QED) is 0.518. The number of ether oxygens (including phenoxy) is 1. The SMILES string of the molecule is Cc1cccc(C)c1C1CC2NC(NSC3CCCC(CN[C@H](CC(C)C)CO2)C3)N1. The summed E-state index contributed by atoms with van der Waals surface area (Å²) in [5.41, 5.74) is 4.14. The van der Waals surface area contributed by atoms with E-state index in [2.05, 4.69) is 66.6 Å². The molecule has 4 N–H and O–H groups in total. The molecule has 1 aromatic carbocycles. The fourth-order valence-electron chi connectivity index (χ4n) is 5.59. The highest BCUT2D eigenvalue weighted by Gasteiger charge is 2.33. The Kier molecular flexibility index (Phi) is 8.34. The molecule has 2 saturated heterocycles. The molecule has 1 aliphatic carbocycles. The number of hydrogen-bond acceptors (Lipinski definition) is 6. The van der Waals surface area contributed by atoms with Crippen molar-refractivity contribution < 1.29 is 4.74 Å². The van der Waals surface area contributed by atoms with Crippen molar-refractivity contribution in [2.24, 2.45) is 11.8 Å². The fourth-order valence-corrected chi connectivity index (χ4v) is 6.71. The molecule has 0 aromatic heterocycles. The van der Waals surface area contributed by atoms with Gasteiger partial charge in [-0.1, -0.05) is 50.4 Å². The molecule has 5 nitrogen and oxygen atoms in total. The van der Waals surface area contributed by atoms with Gasteiger partial charge in [-0.15, -0.1) is 0 Å². The van der Waals surface area contributed by atoms with E-state index < -0.39 is 0 Å². The van der Waals surface area contributed by atoms with Crippen LogP contribution in [0.2, 0.25) is 0 Å². The molecule has 2 aliphatic heterocycles. The number of fused-ring (bicyclic) bond motifs is 4. The van der Waals surface area contributed by atoms with Gasteiger partial charge in [0.25, 0.3) is 0 Å². The van der Waals surface area contributed by atoms with Gasteiger partial charge in [0.1, 0.15) is 12.5 Å². The van der Waals surface area contributed by atoms with E-state index in [1.165, 1.54) is 42.4 Å². The Bertz CT molecular complexity index is 695. The molecule has 4 rings (SSSR count). The van der Waals surface area contributed by atoms with Crippen molar-refractivity contribution in [1.29, 1.82) is 0 Å². The van der Waals surface area contributed by atoms with Crippen molar-refractivity contribution in [2.45, 2.75) is 96.1 Å². The summed E-state index contributed by atoms with van der Waals surface area (Å²) in [5, 5.41) is 12.1. The Morgan fingerprint density at radius 2 is 1.90 bits per heavy atom. The zero-order valence-electron chi connectivity index (χ0n) is 19.7. The third-order valence-electron chi connectivity index (χ3n) is 7.10. The molecule has 31 heavy (non-hydrogen) atoms. The van der Waals surface area contributed by atoms with Crippen LogP contribution in [0.3, 0.4) is 0 Å². The van der Waals surface area contributed by atoms with Crippen molar-refractivity contribution >= 4 is 11.9 Å². The number of rotatable bonds is 3. The molecule has 4 bridgehead atoms. The van der Waals surface area contributed by atoms with E-state index >= 15 is 0 Å². The van der Waals surface area contributed by atoms with Gasteiger partial charge in [0.2, 0.25) is 0 Å². The normalized spacial score (nSPS) is 35.1. The Labute approximate surface area is 193 Å². The third-order valence-corrected chi connectivity index (χ3v) is 8.23. The zero-order valence-corrected chi connectivity index (χ0v) is 20.6. The monoisotopic (exact) mass is 446 g/mol. The van der Waals surface area contributed by atoms with Gasteiger partial charge >= 0.3 is 0 Å². The van der Waals surface area contributed by atoms with E-state index in [0.29, 0.717) is 17.2 Å². The van der Waals surface area contributed by atoms with Crippen molar-refractivity contribution in [3.05, 3.63) is 34.9 Å². The van der Waals surface area contributed by atoms with Crippen LogP contribution in [0.1, 0.15) is 75.1 Å². The lowest BCUT2D eigenvalue weighted by Crippen LogP contribution is -2.61. The van der Waals surface area contributed by atoms with Crippen LogP contribution in [0.25, 0.3) is 0 Å². The first-order valence-electron chi connectivity index (χ1n) is 12.3. The van der Waals surface area contributed by atoms with Crippen LogP contribution in [0.4, 0.5) is 0 Å². The first-order chi connectivity index (χ1) is 15.0. The van der Waals surface area contributed by atoms with E-state index in [-0.39, 0.29) is 18.6 Å². The maximum Gasteiger partial charge on any atom is 0.123 e. The van der Waals surface area contributed by atoms with Gasteiger partial charge in [-0.25, -0.2) is 4.72 Å². The highest BCUT2D eigenvalue weighted by atomic mass is 32.2. The van der Waals surface area contributed by atoms with E-state index in [9.17, 15) is 0 Å². The van der Waals surface area contributed by atoms with Gasteiger partial charge in [-0.2, -0.15) is 0 Å². The summed E-state index contributed by atoms with van der Waals surface area (Å²) in [5.74, 6) is 1.45. The second-order valence-electron chi connectivity index (χ2n) is 10.3. The van der Waals surface area contributed by atoms with Crippen LogP contribution in [-0.4, -0.2) is 37.0 Å². The van der Waals surface area contributed by atoms with Crippen LogP contribution in [0.15, 0.2) is 18.2 Å². The maximum absolute atomic E-state index is 6.52. The predicted octanol–water partition coefficient (Wildman–Crippen LogP) is 4.37. The van der Waals surface area contributed by atoms with Crippen LogP contribution < -0.4 is 20.7 Å².